The van der Waals surface area contributed by atoms with Gasteiger partial charge in [-0.3, -0.25) is 0 Å². The summed E-state index contributed by atoms with van der Waals surface area (Å²) in [6, 6.07) is 0. The molecule has 0 aromatic rings. The third kappa shape index (κ3) is 4.35. The van der Waals surface area contributed by atoms with Crippen molar-refractivity contribution in [2.45, 2.75) is 18.6 Å². The average Bonchev–Trinajstić information content (AvgIpc) is 1.38. The number of hydrogen-bond acceptors (Lipinski definition) is 0. The predicted octanol–water partition coefficient (Wildman–Crippen LogP) is 1.80. The largest absolute Gasteiger partial charge is 0.0905 e. The minimum absolute atomic E-state index is 0.218. The van der Waals surface area contributed by atoms with Crippen LogP contribution in [0.2, 0.25) is 0 Å². The lowest BCUT2D eigenvalue weighted by atomic mass is 10.4. The monoisotopic (exact) mass is 88.0 g/mol. The molecule has 1 unspecified atom stereocenters. The molecule has 2 radical (unpaired) electrons. The van der Waals surface area contributed by atoms with Crippen LogP contribution in [0.4, 0.5) is 0 Å². The zero-order chi connectivity index (χ0) is 4.28. The van der Waals surface area contributed by atoms with Gasteiger partial charge in [-0.15, -0.1) is 0 Å². The Morgan fingerprint density at radius 3 is 2.20 bits per heavy atom. The fourth-order valence-electron chi connectivity index (χ4n) is 0. The van der Waals surface area contributed by atoms with Crippen molar-refractivity contribution in [1.82, 2.24) is 0 Å². The maximum absolute atomic E-state index is 4.67. The van der Waals surface area contributed by atoms with Crippen LogP contribution in [-0.4, -0.2) is 5.25 Å². The molecule has 0 saturated heterocycles. The van der Waals surface area contributed by atoms with Crippen molar-refractivity contribution in [3.8, 4) is 0 Å². The molecule has 30 valence electrons. The lowest BCUT2D eigenvalue weighted by Crippen LogP contribution is -1.82. The van der Waals surface area contributed by atoms with E-state index in [0.717, 1.165) is 6.42 Å². The van der Waals surface area contributed by atoms with Gasteiger partial charge in [0, 0.05) is 5.25 Å². The molecule has 0 aromatic heterocycles. The zero-order valence-corrected chi connectivity index (χ0v) is 4.22. The predicted molar refractivity (Wildman–Crippen MR) is 27.0 cm³/mol. The SMILES string of the molecule is [CH2]C([S])CC. The van der Waals surface area contributed by atoms with Crippen LogP contribution < -0.4 is 0 Å². The number of rotatable bonds is 1. The van der Waals surface area contributed by atoms with Gasteiger partial charge in [0.15, 0.2) is 0 Å². The van der Waals surface area contributed by atoms with E-state index in [-0.39, 0.29) is 5.25 Å². The van der Waals surface area contributed by atoms with Gasteiger partial charge in [0.25, 0.3) is 0 Å². The van der Waals surface area contributed by atoms with E-state index in [2.05, 4.69) is 19.6 Å². The fourth-order valence-corrected chi connectivity index (χ4v) is 0. The molecule has 0 spiro atoms. The van der Waals surface area contributed by atoms with Crippen LogP contribution in [0.1, 0.15) is 13.3 Å². The van der Waals surface area contributed by atoms with Gasteiger partial charge >= 0.3 is 0 Å². The van der Waals surface area contributed by atoms with E-state index in [1.54, 1.807) is 0 Å². The summed E-state index contributed by atoms with van der Waals surface area (Å²) < 4.78 is 0. The van der Waals surface area contributed by atoms with Gasteiger partial charge < -0.3 is 0 Å². The van der Waals surface area contributed by atoms with Gasteiger partial charge in [0.1, 0.15) is 0 Å². The minimum atomic E-state index is 0.218. The van der Waals surface area contributed by atoms with Crippen LogP contribution in [0.25, 0.3) is 0 Å². The summed E-state index contributed by atoms with van der Waals surface area (Å²) in [5.41, 5.74) is 0. The summed E-state index contributed by atoms with van der Waals surface area (Å²) in [4.78, 5) is 0. The first kappa shape index (κ1) is 5.35. The first-order chi connectivity index (χ1) is 2.27. The highest BCUT2D eigenvalue weighted by Crippen LogP contribution is 1.93. The van der Waals surface area contributed by atoms with Crippen LogP contribution in [-0.2, 0) is 0 Å². The van der Waals surface area contributed by atoms with Crippen LogP contribution in [0.3, 0.4) is 0 Å². The van der Waals surface area contributed by atoms with Gasteiger partial charge in [-0.05, 0) is 13.3 Å². The molecule has 1 atom stereocenters. The number of hydrogen-bond donors (Lipinski definition) is 0. The van der Waals surface area contributed by atoms with Gasteiger partial charge in [0.2, 0.25) is 0 Å². The van der Waals surface area contributed by atoms with Crippen molar-refractivity contribution in [2.24, 2.45) is 0 Å². The lowest BCUT2D eigenvalue weighted by Gasteiger charge is -1.87. The molecule has 0 N–H and O–H groups in total. The summed E-state index contributed by atoms with van der Waals surface area (Å²) in [6.45, 7) is 5.60. The summed E-state index contributed by atoms with van der Waals surface area (Å²) >= 11 is 4.67. The highest BCUT2D eigenvalue weighted by atomic mass is 32.1. The van der Waals surface area contributed by atoms with E-state index < -0.39 is 0 Å². The van der Waals surface area contributed by atoms with E-state index >= 15 is 0 Å². The average molecular weight is 88.2 g/mol. The summed E-state index contributed by atoms with van der Waals surface area (Å²) in [5.74, 6) is 0. The minimum Gasteiger partial charge on any atom is -0.0905 e. The van der Waals surface area contributed by atoms with Crippen molar-refractivity contribution < 1.29 is 0 Å². The first-order valence-electron chi connectivity index (χ1n) is 1.76. The van der Waals surface area contributed by atoms with Gasteiger partial charge in [-0.2, -0.15) is 0 Å². The first-order valence-corrected chi connectivity index (χ1v) is 2.23. The molecule has 0 aromatic carbocycles. The molecule has 5 heavy (non-hydrogen) atoms. The van der Waals surface area contributed by atoms with Crippen molar-refractivity contribution in [3.63, 3.8) is 0 Å². The standard InChI is InChI=1S/C4H8S/c1-3-4(2)5/h4H,2-3H2,1H3. The molecular weight excluding hydrogens is 80.1 g/mol. The molecule has 0 fully saturated rings. The normalized spacial score (nSPS) is 15.0. The Morgan fingerprint density at radius 2 is 2.20 bits per heavy atom. The Balaban J connectivity index is 2.54. The highest BCUT2D eigenvalue weighted by molar-refractivity contribution is 7.81. The maximum Gasteiger partial charge on any atom is 0.0149 e. The second-order valence-electron chi connectivity index (χ2n) is 1.03. The quantitative estimate of drug-likeness (QED) is 0.458. The Morgan fingerprint density at radius 1 is 2.00 bits per heavy atom. The van der Waals surface area contributed by atoms with E-state index in [4.69, 9.17) is 0 Å². The second kappa shape index (κ2) is 2.58. The molecule has 0 aliphatic rings. The smallest absolute Gasteiger partial charge is 0.0149 e. The maximum atomic E-state index is 4.67. The summed E-state index contributed by atoms with van der Waals surface area (Å²) in [5, 5.41) is 0.218. The van der Waals surface area contributed by atoms with Crippen molar-refractivity contribution in [1.29, 1.82) is 0 Å². The molecule has 0 aliphatic heterocycles. The molecule has 0 saturated carbocycles. The van der Waals surface area contributed by atoms with Crippen LogP contribution in [0.5, 0.6) is 0 Å². The third-order valence-corrected chi connectivity index (χ3v) is 0.789. The van der Waals surface area contributed by atoms with Crippen LogP contribution in [0.15, 0.2) is 0 Å². The lowest BCUT2D eigenvalue weighted by molar-refractivity contribution is 0.982. The molecule has 0 bridgehead atoms. The molecule has 0 rings (SSSR count). The van der Waals surface area contributed by atoms with Crippen molar-refractivity contribution in [3.05, 3.63) is 6.92 Å². The molecule has 0 heterocycles. The Bertz CT molecular complexity index is 17.6. The Labute approximate surface area is 39.0 Å². The van der Waals surface area contributed by atoms with Crippen molar-refractivity contribution >= 4 is 12.6 Å². The van der Waals surface area contributed by atoms with Gasteiger partial charge in [-0.25, -0.2) is 0 Å². The zero-order valence-electron chi connectivity index (χ0n) is 3.40. The summed E-state index contributed by atoms with van der Waals surface area (Å²) in [7, 11) is 0. The van der Waals surface area contributed by atoms with Crippen molar-refractivity contribution in [2.75, 3.05) is 0 Å². The highest BCUT2D eigenvalue weighted by Gasteiger charge is 1.82. The second-order valence-corrected chi connectivity index (χ2v) is 1.70. The van der Waals surface area contributed by atoms with Crippen LogP contribution in [0, 0.1) is 6.92 Å². The molecule has 0 aliphatic carbocycles. The molecular formula is C4H8S. The third-order valence-electron chi connectivity index (χ3n) is 0.455. The van der Waals surface area contributed by atoms with Crippen LogP contribution >= 0.6 is 12.6 Å². The fraction of sp³-hybridized carbons (Fsp3) is 0.750. The van der Waals surface area contributed by atoms with E-state index in [1.807, 2.05) is 6.92 Å². The topological polar surface area (TPSA) is 0 Å². The molecule has 0 amide bonds. The van der Waals surface area contributed by atoms with Gasteiger partial charge in [0.05, 0.1) is 0 Å². The Hall–Kier alpha value is 0.350. The van der Waals surface area contributed by atoms with E-state index in [1.165, 1.54) is 0 Å². The summed E-state index contributed by atoms with van der Waals surface area (Å²) in [6.07, 6.45) is 1.01. The Kier molecular flexibility index (Phi) is 2.76. The van der Waals surface area contributed by atoms with Gasteiger partial charge in [-0.1, -0.05) is 19.6 Å². The van der Waals surface area contributed by atoms with E-state index in [9.17, 15) is 0 Å². The molecule has 0 nitrogen and oxygen atoms in total. The molecule has 1 heteroatoms. The van der Waals surface area contributed by atoms with E-state index in [0.29, 0.717) is 0 Å².